The number of halogens is 3. The van der Waals surface area contributed by atoms with Crippen molar-refractivity contribution in [1.82, 2.24) is 4.90 Å². The van der Waals surface area contributed by atoms with Crippen LogP contribution in [-0.2, 0) is 22.1 Å². The summed E-state index contributed by atoms with van der Waals surface area (Å²) in [6, 6.07) is 5.73. The van der Waals surface area contributed by atoms with Gasteiger partial charge in [0.2, 0.25) is 0 Å². The number of likely N-dealkylation sites (tertiary alicyclic amines) is 1. The molecule has 1 aromatic carbocycles. The van der Waals surface area contributed by atoms with Crippen LogP contribution in [0.4, 0.5) is 13.2 Å². The van der Waals surface area contributed by atoms with Crippen LogP contribution in [0.1, 0.15) is 44.2 Å². The fourth-order valence-electron chi connectivity index (χ4n) is 3.33. The molecule has 1 saturated heterocycles. The summed E-state index contributed by atoms with van der Waals surface area (Å²) in [5.74, 6) is 0.155. The first-order valence-electron chi connectivity index (χ1n) is 8.65. The Kier molecular flexibility index (Phi) is 6.14. The number of piperidine rings is 1. The molecule has 0 aliphatic carbocycles. The molecule has 2 rings (SSSR count). The Morgan fingerprint density at radius 3 is 2.60 bits per heavy atom. The third-order valence-corrected chi connectivity index (χ3v) is 4.98. The summed E-state index contributed by atoms with van der Waals surface area (Å²) in [4.78, 5) is 14.3. The molecular formula is C19H26F3NO2. The Morgan fingerprint density at radius 1 is 1.28 bits per heavy atom. The number of carbonyl (C=O) groups excluding carboxylic acids is 1. The van der Waals surface area contributed by atoms with E-state index in [9.17, 15) is 18.0 Å². The number of carbonyl (C=O) groups is 1. The second kappa shape index (κ2) is 7.77. The number of alkyl halides is 3. The van der Waals surface area contributed by atoms with Crippen LogP contribution in [0.3, 0.4) is 0 Å². The molecule has 0 unspecified atom stereocenters. The van der Waals surface area contributed by atoms with Gasteiger partial charge in [0.15, 0.2) is 0 Å². The maximum atomic E-state index is 13.1. The van der Waals surface area contributed by atoms with Crippen LogP contribution in [0.5, 0.6) is 0 Å². The summed E-state index contributed by atoms with van der Waals surface area (Å²) in [7, 11) is 1.51. The third kappa shape index (κ3) is 4.97. The highest BCUT2D eigenvalue weighted by molar-refractivity contribution is 5.84. The second-order valence-corrected chi connectivity index (χ2v) is 7.17. The average molecular weight is 357 g/mol. The van der Waals surface area contributed by atoms with Crippen LogP contribution < -0.4 is 0 Å². The maximum absolute atomic E-state index is 13.1. The van der Waals surface area contributed by atoms with Gasteiger partial charge in [0, 0.05) is 20.2 Å². The minimum Gasteiger partial charge on any atom is -0.369 e. The molecule has 1 aliphatic heterocycles. The highest BCUT2D eigenvalue weighted by atomic mass is 19.4. The Labute approximate surface area is 147 Å². The summed E-state index contributed by atoms with van der Waals surface area (Å²) in [6.07, 6.45) is -1.50. The Bertz CT molecular complexity index is 599. The maximum Gasteiger partial charge on any atom is 0.416 e. The van der Waals surface area contributed by atoms with Gasteiger partial charge in [-0.15, -0.1) is 0 Å². The Morgan fingerprint density at radius 2 is 1.96 bits per heavy atom. The van der Waals surface area contributed by atoms with Crippen LogP contribution in [-0.4, -0.2) is 36.6 Å². The van der Waals surface area contributed by atoms with E-state index in [0.717, 1.165) is 18.9 Å². The van der Waals surface area contributed by atoms with Gasteiger partial charge < -0.3 is 9.64 Å². The summed E-state index contributed by atoms with van der Waals surface area (Å²) in [6.45, 7) is 4.73. The van der Waals surface area contributed by atoms with Gasteiger partial charge >= 0.3 is 6.18 Å². The van der Waals surface area contributed by atoms with E-state index in [4.69, 9.17) is 4.74 Å². The number of rotatable bonds is 5. The van der Waals surface area contributed by atoms with Crippen molar-refractivity contribution in [3.63, 3.8) is 0 Å². The predicted octanol–water partition coefficient (Wildman–Crippen LogP) is 4.30. The van der Waals surface area contributed by atoms with Gasteiger partial charge in [-0.3, -0.25) is 4.79 Å². The van der Waals surface area contributed by atoms with Crippen molar-refractivity contribution in [2.45, 2.75) is 51.3 Å². The zero-order chi connectivity index (χ0) is 18.7. The molecule has 1 fully saturated rings. The summed E-state index contributed by atoms with van der Waals surface area (Å²) in [5, 5.41) is 0. The van der Waals surface area contributed by atoms with Gasteiger partial charge in [0.05, 0.1) is 5.56 Å². The highest BCUT2D eigenvalue weighted by Crippen LogP contribution is 2.33. The van der Waals surface area contributed by atoms with Crippen LogP contribution in [0.25, 0.3) is 0 Å². The lowest BCUT2D eigenvalue weighted by molar-refractivity contribution is -0.152. The number of aryl methyl sites for hydroxylation is 1. The summed E-state index contributed by atoms with van der Waals surface area (Å²) in [5.41, 5.74) is -1.10. The van der Waals surface area contributed by atoms with Gasteiger partial charge in [-0.25, -0.2) is 0 Å². The SMILES string of the molecule is COC(C)(C)C(=O)N1CCC[C@@H](CCc2ccccc2C(F)(F)F)C1. The first kappa shape index (κ1) is 19.8. The van der Waals surface area contributed by atoms with Crippen molar-refractivity contribution in [3.05, 3.63) is 35.4 Å². The van der Waals surface area contributed by atoms with E-state index in [1.165, 1.54) is 13.2 Å². The van der Waals surface area contributed by atoms with E-state index in [2.05, 4.69) is 0 Å². The number of methoxy groups -OCH3 is 1. The van der Waals surface area contributed by atoms with Gasteiger partial charge in [-0.2, -0.15) is 13.2 Å². The molecule has 1 aliphatic rings. The minimum atomic E-state index is -4.33. The second-order valence-electron chi connectivity index (χ2n) is 7.17. The van der Waals surface area contributed by atoms with E-state index >= 15 is 0 Å². The first-order chi connectivity index (χ1) is 11.6. The van der Waals surface area contributed by atoms with E-state index in [1.54, 1.807) is 30.9 Å². The monoisotopic (exact) mass is 357 g/mol. The molecule has 1 aromatic rings. The van der Waals surface area contributed by atoms with Crippen molar-refractivity contribution in [1.29, 1.82) is 0 Å². The molecule has 0 bridgehead atoms. The van der Waals surface area contributed by atoms with E-state index in [-0.39, 0.29) is 11.8 Å². The lowest BCUT2D eigenvalue weighted by Crippen LogP contribution is -2.50. The molecule has 0 N–H and O–H groups in total. The van der Waals surface area contributed by atoms with Crippen molar-refractivity contribution in [3.8, 4) is 0 Å². The molecule has 0 spiro atoms. The topological polar surface area (TPSA) is 29.5 Å². The smallest absolute Gasteiger partial charge is 0.369 e. The molecule has 0 saturated carbocycles. The zero-order valence-corrected chi connectivity index (χ0v) is 15.0. The number of ether oxygens (including phenoxy) is 1. The van der Waals surface area contributed by atoms with Crippen LogP contribution >= 0.6 is 0 Å². The average Bonchev–Trinajstić information content (AvgIpc) is 2.59. The number of hydrogen-bond donors (Lipinski definition) is 0. The van der Waals surface area contributed by atoms with E-state index in [1.807, 2.05) is 0 Å². The van der Waals surface area contributed by atoms with Crippen LogP contribution in [0.15, 0.2) is 24.3 Å². The number of benzene rings is 1. The predicted molar refractivity (Wildman–Crippen MR) is 90.2 cm³/mol. The summed E-state index contributed by atoms with van der Waals surface area (Å²) >= 11 is 0. The molecule has 3 nitrogen and oxygen atoms in total. The molecule has 25 heavy (non-hydrogen) atoms. The van der Waals surface area contributed by atoms with Gasteiger partial charge in [-0.05, 0) is 57.1 Å². The molecule has 140 valence electrons. The third-order valence-electron chi connectivity index (χ3n) is 4.98. The lowest BCUT2D eigenvalue weighted by Gasteiger charge is -2.37. The molecule has 0 aromatic heterocycles. The van der Waals surface area contributed by atoms with Gasteiger partial charge in [0.1, 0.15) is 5.60 Å². The number of nitrogens with zero attached hydrogens (tertiary/aromatic N) is 1. The molecule has 6 heteroatoms. The van der Waals surface area contributed by atoms with Gasteiger partial charge in [-0.1, -0.05) is 18.2 Å². The van der Waals surface area contributed by atoms with Crippen LogP contribution in [0.2, 0.25) is 0 Å². The summed E-state index contributed by atoms with van der Waals surface area (Å²) < 4.78 is 44.5. The first-order valence-corrected chi connectivity index (χ1v) is 8.65. The highest BCUT2D eigenvalue weighted by Gasteiger charge is 2.35. The molecule has 1 amide bonds. The fraction of sp³-hybridized carbons (Fsp3) is 0.632. The zero-order valence-electron chi connectivity index (χ0n) is 15.0. The molecular weight excluding hydrogens is 331 g/mol. The molecule has 0 radical (unpaired) electrons. The van der Waals surface area contributed by atoms with Crippen molar-refractivity contribution >= 4 is 5.91 Å². The van der Waals surface area contributed by atoms with Crippen molar-refractivity contribution < 1.29 is 22.7 Å². The Hall–Kier alpha value is -1.56. The van der Waals surface area contributed by atoms with E-state index < -0.39 is 17.3 Å². The number of amides is 1. The van der Waals surface area contributed by atoms with Crippen molar-refractivity contribution in [2.24, 2.45) is 5.92 Å². The molecule has 1 heterocycles. The molecule has 1 atom stereocenters. The number of hydrogen-bond acceptors (Lipinski definition) is 2. The minimum absolute atomic E-state index is 0.0598. The quantitative estimate of drug-likeness (QED) is 0.786. The normalized spacial score (nSPS) is 19.1. The van der Waals surface area contributed by atoms with Gasteiger partial charge in [0.25, 0.3) is 5.91 Å². The Balaban J connectivity index is 1.99. The van der Waals surface area contributed by atoms with Crippen LogP contribution in [0, 0.1) is 5.92 Å². The standard InChI is InChI=1S/C19H26F3NO2/c1-18(2,25-3)17(24)23-12-6-7-14(13-23)10-11-15-8-4-5-9-16(15)19(20,21)22/h4-5,8-9,14H,6-7,10-13H2,1-3H3/t14-/m0/s1. The van der Waals surface area contributed by atoms with Crippen molar-refractivity contribution in [2.75, 3.05) is 20.2 Å². The van der Waals surface area contributed by atoms with E-state index in [0.29, 0.717) is 31.5 Å². The lowest BCUT2D eigenvalue weighted by atomic mass is 9.89. The fourth-order valence-corrected chi connectivity index (χ4v) is 3.33. The largest absolute Gasteiger partial charge is 0.416 e.